The molecule has 1 unspecified atom stereocenters. The van der Waals surface area contributed by atoms with Crippen molar-refractivity contribution in [2.75, 3.05) is 7.05 Å². The Morgan fingerprint density at radius 3 is 2.08 bits per heavy atom. The molecular weight excluding hydrogens is 190 g/mol. The molecule has 1 saturated heterocycles. The molecule has 0 N–H and O–H groups in total. The third-order valence-corrected chi connectivity index (χ3v) is 2.46. The molecular formula is C8H15NOS2. The van der Waals surface area contributed by atoms with E-state index < -0.39 is 0 Å². The van der Waals surface area contributed by atoms with Crippen LogP contribution in [-0.2, 0) is 4.74 Å². The van der Waals surface area contributed by atoms with Crippen molar-refractivity contribution in [2.24, 2.45) is 5.92 Å². The van der Waals surface area contributed by atoms with Crippen LogP contribution in [0.15, 0.2) is 0 Å². The van der Waals surface area contributed by atoms with Crippen molar-refractivity contribution in [3.05, 3.63) is 0 Å². The fourth-order valence-electron chi connectivity index (χ4n) is 1.21. The second-order valence-electron chi connectivity index (χ2n) is 2.99. The van der Waals surface area contributed by atoms with Gasteiger partial charge in [0.15, 0.2) is 5.05 Å². The smallest absolute Gasteiger partial charge is 0.265 e. The minimum atomic E-state index is 0. The molecule has 0 saturated carbocycles. The minimum Gasteiger partial charge on any atom is -0.422 e. The minimum absolute atomic E-state index is 0. The summed E-state index contributed by atoms with van der Waals surface area (Å²) in [6, 6.07) is 0.178. The molecule has 1 atom stereocenters. The highest BCUT2D eigenvalue weighted by atomic mass is 32.1. The van der Waals surface area contributed by atoms with Gasteiger partial charge in [0.05, 0.1) is 0 Å². The van der Waals surface area contributed by atoms with Crippen molar-refractivity contribution in [2.45, 2.75) is 27.3 Å². The van der Waals surface area contributed by atoms with Gasteiger partial charge in [-0.2, -0.15) is 0 Å². The van der Waals surface area contributed by atoms with Crippen LogP contribution < -0.4 is 0 Å². The Morgan fingerprint density at radius 2 is 1.92 bits per heavy atom. The van der Waals surface area contributed by atoms with Crippen LogP contribution >= 0.6 is 24.4 Å². The summed E-state index contributed by atoms with van der Waals surface area (Å²) in [5.41, 5.74) is 0. The van der Waals surface area contributed by atoms with Gasteiger partial charge < -0.3 is 9.64 Å². The number of likely N-dealkylation sites (N-methyl/N-ethyl adjacent to an activating group) is 1. The average Bonchev–Trinajstić information content (AvgIpc) is 2.07. The first-order chi connectivity index (χ1) is 5.04. The van der Waals surface area contributed by atoms with Gasteiger partial charge in [-0.15, -0.1) is 0 Å². The largest absolute Gasteiger partial charge is 0.422 e. The van der Waals surface area contributed by atoms with Crippen molar-refractivity contribution >= 4 is 34.7 Å². The summed E-state index contributed by atoms with van der Waals surface area (Å²) in [5.74, 6) is 0.452. The summed E-state index contributed by atoms with van der Waals surface area (Å²) in [5, 5.41) is 1.10. The maximum atomic E-state index is 5.14. The van der Waals surface area contributed by atoms with Gasteiger partial charge in [0, 0.05) is 7.05 Å². The summed E-state index contributed by atoms with van der Waals surface area (Å²) < 4.78 is 5.14. The number of hydrogen-bond donors (Lipinski definition) is 0. The zero-order valence-corrected chi connectivity index (χ0v) is 8.46. The van der Waals surface area contributed by atoms with E-state index in [2.05, 4.69) is 13.8 Å². The molecule has 4 heteroatoms. The summed E-state index contributed by atoms with van der Waals surface area (Å²) >= 11 is 9.95. The number of nitrogens with zero attached hydrogens (tertiary/aromatic N) is 1. The highest BCUT2D eigenvalue weighted by Gasteiger charge is 2.34. The normalized spacial score (nSPS) is 22.7. The summed E-state index contributed by atoms with van der Waals surface area (Å²) in [6.45, 7) is 4.20. The molecule has 0 aliphatic carbocycles. The summed E-state index contributed by atoms with van der Waals surface area (Å²) in [6.07, 6.45) is 0. The van der Waals surface area contributed by atoms with Crippen molar-refractivity contribution < 1.29 is 4.74 Å². The highest BCUT2D eigenvalue weighted by molar-refractivity contribution is 7.81. The Kier molecular flexibility index (Phi) is 4.06. The molecule has 1 rings (SSSR count). The lowest BCUT2D eigenvalue weighted by Crippen LogP contribution is -2.34. The van der Waals surface area contributed by atoms with Crippen molar-refractivity contribution in [3.63, 3.8) is 0 Å². The van der Waals surface area contributed by atoms with Crippen LogP contribution in [0.4, 0.5) is 0 Å². The zero-order chi connectivity index (χ0) is 8.59. The fraction of sp³-hybridized carbons (Fsp3) is 0.750. The van der Waals surface area contributed by atoms with Gasteiger partial charge in [-0.25, -0.2) is 0 Å². The van der Waals surface area contributed by atoms with Gasteiger partial charge in [0.2, 0.25) is 0 Å². The third-order valence-electron chi connectivity index (χ3n) is 1.77. The number of thiocarbonyl (C=S) groups is 2. The maximum Gasteiger partial charge on any atom is 0.265 e. The topological polar surface area (TPSA) is 12.5 Å². The van der Waals surface area contributed by atoms with E-state index in [1.54, 1.807) is 0 Å². The number of hydrogen-bond acceptors (Lipinski definition) is 3. The molecule has 70 valence electrons. The third kappa shape index (κ3) is 1.93. The van der Waals surface area contributed by atoms with E-state index in [1.807, 2.05) is 11.9 Å². The fourth-order valence-corrected chi connectivity index (χ4v) is 1.97. The van der Waals surface area contributed by atoms with Crippen LogP contribution in [0.3, 0.4) is 0 Å². The van der Waals surface area contributed by atoms with Crippen molar-refractivity contribution in [1.29, 1.82) is 0 Å². The number of rotatable bonds is 1. The molecule has 1 aliphatic heterocycles. The summed E-state index contributed by atoms with van der Waals surface area (Å²) in [4.78, 5) is 1.91. The second-order valence-corrected chi connectivity index (χ2v) is 3.74. The Morgan fingerprint density at radius 1 is 1.42 bits per heavy atom. The first kappa shape index (κ1) is 11.8. The van der Waals surface area contributed by atoms with Gasteiger partial charge in [-0.3, -0.25) is 0 Å². The molecule has 1 heterocycles. The molecule has 0 aromatic carbocycles. The van der Waals surface area contributed by atoms with Gasteiger partial charge >= 0.3 is 0 Å². The standard InChI is InChI=1S/C7H11NOS2.CH4/c1-4(2)5-6(10)9-7(11)8(5)3;/h4-5H,1-3H3;1H4. The van der Waals surface area contributed by atoms with Crippen LogP contribution in [0.5, 0.6) is 0 Å². The van der Waals surface area contributed by atoms with E-state index in [-0.39, 0.29) is 13.5 Å². The molecule has 0 aromatic heterocycles. The van der Waals surface area contributed by atoms with Gasteiger partial charge in [0.1, 0.15) is 6.04 Å². The van der Waals surface area contributed by atoms with Gasteiger partial charge in [-0.05, 0) is 30.4 Å². The Bertz CT molecular complexity index is 203. The monoisotopic (exact) mass is 205 g/mol. The van der Waals surface area contributed by atoms with Crippen LogP contribution in [0.1, 0.15) is 21.3 Å². The molecule has 1 fully saturated rings. The quantitative estimate of drug-likeness (QED) is 0.608. The lowest BCUT2D eigenvalue weighted by Gasteiger charge is -2.19. The van der Waals surface area contributed by atoms with Crippen LogP contribution in [-0.4, -0.2) is 28.2 Å². The van der Waals surface area contributed by atoms with Crippen molar-refractivity contribution in [3.8, 4) is 0 Å². The Labute approximate surface area is 84.9 Å². The van der Waals surface area contributed by atoms with E-state index in [1.165, 1.54) is 0 Å². The van der Waals surface area contributed by atoms with Gasteiger partial charge in [0.25, 0.3) is 5.17 Å². The average molecular weight is 205 g/mol. The summed E-state index contributed by atoms with van der Waals surface area (Å²) in [7, 11) is 1.91. The van der Waals surface area contributed by atoms with E-state index in [4.69, 9.17) is 29.2 Å². The zero-order valence-electron chi connectivity index (χ0n) is 6.83. The molecule has 0 spiro atoms. The molecule has 0 amide bonds. The van der Waals surface area contributed by atoms with E-state index in [0.29, 0.717) is 16.1 Å². The molecule has 1 aliphatic rings. The number of ether oxygens (including phenoxy) is 1. The van der Waals surface area contributed by atoms with Crippen LogP contribution in [0.25, 0.3) is 0 Å². The SMILES string of the molecule is C.CC(C)C1C(=S)OC(=S)N1C. The lowest BCUT2D eigenvalue weighted by atomic mass is 10.1. The second kappa shape index (κ2) is 4.14. The molecule has 2 nitrogen and oxygen atoms in total. The molecule has 0 bridgehead atoms. The predicted octanol–water partition coefficient (Wildman–Crippen LogP) is 2.22. The van der Waals surface area contributed by atoms with E-state index in [0.717, 1.165) is 0 Å². The van der Waals surface area contributed by atoms with E-state index >= 15 is 0 Å². The van der Waals surface area contributed by atoms with Gasteiger partial charge in [-0.1, -0.05) is 21.3 Å². The molecule has 0 radical (unpaired) electrons. The Hall–Kier alpha value is -0.220. The molecule has 0 aromatic rings. The van der Waals surface area contributed by atoms with E-state index in [9.17, 15) is 0 Å². The molecule has 12 heavy (non-hydrogen) atoms. The first-order valence-corrected chi connectivity index (χ1v) is 4.34. The highest BCUT2D eigenvalue weighted by Crippen LogP contribution is 2.19. The maximum absolute atomic E-state index is 5.14. The predicted molar refractivity (Wildman–Crippen MR) is 59.4 cm³/mol. The first-order valence-electron chi connectivity index (χ1n) is 3.52. The van der Waals surface area contributed by atoms with Crippen molar-refractivity contribution in [1.82, 2.24) is 4.90 Å². The lowest BCUT2D eigenvalue weighted by molar-refractivity contribution is 0.380. The Balaban J connectivity index is 0.00000121. The van der Waals surface area contributed by atoms with Crippen LogP contribution in [0, 0.1) is 5.92 Å². The van der Waals surface area contributed by atoms with Crippen LogP contribution in [0.2, 0.25) is 0 Å².